The Morgan fingerprint density at radius 1 is 1.44 bits per heavy atom. The minimum absolute atomic E-state index is 0.0993. The summed E-state index contributed by atoms with van der Waals surface area (Å²) in [5, 5.41) is 8.90. The Hall–Kier alpha value is -0.890. The van der Waals surface area contributed by atoms with E-state index in [1.54, 1.807) is 0 Å². The van der Waals surface area contributed by atoms with Gasteiger partial charge in [-0.1, -0.05) is 6.92 Å². The van der Waals surface area contributed by atoms with E-state index in [1.165, 1.54) is 0 Å². The lowest BCUT2D eigenvalue weighted by atomic mass is 10.5. The van der Waals surface area contributed by atoms with Crippen molar-refractivity contribution in [2.45, 2.75) is 19.5 Å². The average molecular weight is 255 g/mol. The van der Waals surface area contributed by atoms with Gasteiger partial charge in [-0.3, -0.25) is 0 Å². The Morgan fingerprint density at radius 3 is 2.56 bits per heavy atom. The van der Waals surface area contributed by atoms with E-state index < -0.39 is 12.7 Å². The maximum atomic E-state index is 12.2. The minimum atomic E-state index is -4.31. The first-order valence-corrected chi connectivity index (χ1v) is 5.48. The number of aliphatic hydroxyl groups excluding tert-OH is 1. The van der Waals surface area contributed by atoms with E-state index >= 15 is 0 Å². The molecule has 92 valence electrons. The molecule has 0 saturated carbocycles. The van der Waals surface area contributed by atoms with Crippen LogP contribution in [0.4, 0.5) is 18.3 Å². The average Bonchev–Trinajstić information content (AvgIpc) is 2.63. The van der Waals surface area contributed by atoms with E-state index in [1.807, 2.05) is 6.92 Å². The molecule has 8 heteroatoms. The summed E-state index contributed by atoms with van der Waals surface area (Å²) in [6.45, 7) is 0.257. The molecular formula is C8H12F3N3OS. The molecule has 0 fully saturated rings. The second kappa shape index (κ2) is 5.44. The van der Waals surface area contributed by atoms with Gasteiger partial charge in [-0.05, 0) is 0 Å². The summed E-state index contributed by atoms with van der Waals surface area (Å²) in [6, 6.07) is 0. The highest BCUT2D eigenvalue weighted by Crippen LogP contribution is 2.23. The lowest BCUT2D eigenvalue weighted by Gasteiger charge is -2.21. The van der Waals surface area contributed by atoms with Crippen molar-refractivity contribution in [3.8, 4) is 0 Å². The molecule has 1 aromatic rings. The molecule has 0 aliphatic carbocycles. The maximum absolute atomic E-state index is 12.2. The number of aromatic nitrogens is 2. The number of rotatable bonds is 5. The van der Waals surface area contributed by atoms with Crippen LogP contribution in [-0.2, 0) is 6.42 Å². The monoisotopic (exact) mass is 255 g/mol. The second-order valence-corrected chi connectivity index (χ2v) is 3.84. The van der Waals surface area contributed by atoms with Crippen molar-refractivity contribution in [2.24, 2.45) is 0 Å². The number of halogens is 3. The third-order valence-corrected chi connectivity index (χ3v) is 2.60. The maximum Gasteiger partial charge on any atom is 0.406 e. The first-order valence-electron chi connectivity index (χ1n) is 4.71. The van der Waals surface area contributed by atoms with Crippen molar-refractivity contribution < 1.29 is 18.3 Å². The van der Waals surface area contributed by atoms with E-state index in [0.29, 0.717) is 12.2 Å². The molecule has 0 saturated heterocycles. The van der Waals surface area contributed by atoms with Crippen LogP contribution in [0.5, 0.6) is 0 Å². The molecular weight excluding hydrogens is 243 g/mol. The molecule has 0 bridgehead atoms. The fourth-order valence-corrected chi connectivity index (χ4v) is 1.87. The molecule has 16 heavy (non-hydrogen) atoms. The zero-order valence-corrected chi connectivity index (χ0v) is 9.48. The summed E-state index contributed by atoms with van der Waals surface area (Å²) < 4.78 is 40.6. The molecule has 0 amide bonds. The molecule has 0 aliphatic heterocycles. The Labute approximate surface area is 94.9 Å². The zero-order chi connectivity index (χ0) is 12.2. The number of aliphatic hydroxyl groups is 1. The molecule has 0 radical (unpaired) electrons. The summed E-state index contributed by atoms with van der Waals surface area (Å²) in [4.78, 5) is 4.94. The smallest absolute Gasteiger partial charge is 0.395 e. The van der Waals surface area contributed by atoms with Crippen LogP contribution in [0.1, 0.15) is 12.7 Å². The Bertz CT molecular complexity index is 329. The van der Waals surface area contributed by atoms with Crippen LogP contribution in [0.3, 0.4) is 0 Å². The van der Waals surface area contributed by atoms with Crippen molar-refractivity contribution in [3.63, 3.8) is 0 Å². The summed E-state index contributed by atoms with van der Waals surface area (Å²) in [6.07, 6.45) is -3.73. The Balaban J connectivity index is 2.76. The predicted octanol–water partition coefficient (Wildman–Crippen LogP) is 1.46. The lowest BCUT2D eigenvalue weighted by Crippen LogP contribution is -2.36. The van der Waals surface area contributed by atoms with Crippen LogP contribution >= 0.6 is 11.5 Å². The summed E-state index contributed by atoms with van der Waals surface area (Å²) in [5.41, 5.74) is 0. The van der Waals surface area contributed by atoms with Gasteiger partial charge in [0.05, 0.1) is 6.61 Å². The number of aryl methyl sites for hydroxylation is 1. The van der Waals surface area contributed by atoms with Gasteiger partial charge >= 0.3 is 6.18 Å². The molecule has 0 spiro atoms. The van der Waals surface area contributed by atoms with Crippen LogP contribution in [0.2, 0.25) is 0 Å². The first kappa shape index (κ1) is 13.2. The third-order valence-electron chi connectivity index (χ3n) is 1.78. The van der Waals surface area contributed by atoms with E-state index in [2.05, 4.69) is 9.36 Å². The summed E-state index contributed by atoms with van der Waals surface area (Å²) >= 11 is 0.917. The quantitative estimate of drug-likeness (QED) is 0.865. The fourth-order valence-electron chi connectivity index (χ4n) is 1.10. The summed E-state index contributed by atoms with van der Waals surface area (Å²) in [7, 11) is 0. The van der Waals surface area contributed by atoms with E-state index in [-0.39, 0.29) is 18.3 Å². The van der Waals surface area contributed by atoms with Gasteiger partial charge < -0.3 is 10.0 Å². The molecule has 0 aliphatic rings. The predicted molar refractivity (Wildman–Crippen MR) is 54.6 cm³/mol. The van der Waals surface area contributed by atoms with Gasteiger partial charge in [0, 0.05) is 24.5 Å². The van der Waals surface area contributed by atoms with Crippen LogP contribution in [0, 0.1) is 0 Å². The van der Waals surface area contributed by atoms with Crippen molar-refractivity contribution >= 4 is 16.7 Å². The molecule has 1 rings (SSSR count). The standard InChI is InChI=1S/C8H12F3N3OS/c1-2-6-12-7(16-13-6)14(3-4-15)5-8(9,10)11/h15H,2-5H2,1H3. The van der Waals surface area contributed by atoms with Gasteiger partial charge in [0.1, 0.15) is 12.4 Å². The van der Waals surface area contributed by atoms with Crippen LogP contribution in [-0.4, -0.2) is 40.3 Å². The second-order valence-electron chi connectivity index (χ2n) is 3.11. The highest BCUT2D eigenvalue weighted by Gasteiger charge is 2.31. The highest BCUT2D eigenvalue weighted by molar-refractivity contribution is 7.09. The largest absolute Gasteiger partial charge is 0.406 e. The van der Waals surface area contributed by atoms with Gasteiger partial charge in [-0.2, -0.15) is 17.5 Å². The fraction of sp³-hybridized carbons (Fsp3) is 0.750. The lowest BCUT2D eigenvalue weighted by molar-refractivity contribution is -0.119. The highest BCUT2D eigenvalue weighted by atomic mass is 32.1. The van der Waals surface area contributed by atoms with Gasteiger partial charge in [0.2, 0.25) is 5.13 Å². The zero-order valence-electron chi connectivity index (χ0n) is 8.66. The molecule has 4 nitrogen and oxygen atoms in total. The van der Waals surface area contributed by atoms with E-state index in [0.717, 1.165) is 16.4 Å². The van der Waals surface area contributed by atoms with Gasteiger partial charge in [-0.15, -0.1) is 0 Å². The molecule has 0 atom stereocenters. The SMILES string of the molecule is CCc1nsc(N(CCO)CC(F)(F)F)n1. The first-order chi connectivity index (χ1) is 7.46. The molecule has 1 N–H and O–H groups in total. The van der Waals surface area contributed by atoms with Crippen molar-refractivity contribution in [3.05, 3.63) is 5.82 Å². The number of anilines is 1. The molecule has 0 aromatic carbocycles. The van der Waals surface area contributed by atoms with Crippen molar-refractivity contribution in [2.75, 3.05) is 24.6 Å². The molecule has 0 unspecified atom stereocenters. The number of alkyl halides is 3. The number of hydrogen-bond donors (Lipinski definition) is 1. The van der Waals surface area contributed by atoms with E-state index in [4.69, 9.17) is 5.11 Å². The number of hydrogen-bond acceptors (Lipinski definition) is 5. The van der Waals surface area contributed by atoms with E-state index in [9.17, 15) is 13.2 Å². The number of nitrogens with zero attached hydrogens (tertiary/aromatic N) is 3. The van der Waals surface area contributed by atoms with Crippen LogP contribution in [0.15, 0.2) is 0 Å². The molecule has 1 heterocycles. The Kier molecular flexibility index (Phi) is 4.48. The van der Waals surface area contributed by atoms with Gasteiger partial charge in [-0.25, -0.2) is 4.98 Å². The van der Waals surface area contributed by atoms with Crippen molar-refractivity contribution in [1.82, 2.24) is 9.36 Å². The topological polar surface area (TPSA) is 49.2 Å². The Morgan fingerprint density at radius 2 is 2.12 bits per heavy atom. The molecule has 1 aromatic heterocycles. The summed E-state index contributed by atoms with van der Waals surface area (Å²) in [5.74, 6) is 0.519. The van der Waals surface area contributed by atoms with Crippen LogP contribution in [0.25, 0.3) is 0 Å². The third kappa shape index (κ3) is 3.93. The minimum Gasteiger partial charge on any atom is -0.395 e. The van der Waals surface area contributed by atoms with Gasteiger partial charge in [0.25, 0.3) is 0 Å². The van der Waals surface area contributed by atoms with Crippen LogP contribution < -0.4 is 4.90 Å². The van der Waals surface area contributed by atoms with Crippen molar-refractivity contribution in [1.29, 1.82) is 0 Å². The van der Waals surface area contributed by atoms with Gasteiger partial charge in [0.15, 0.2) is 0 Å². The normalized spacial score (nSPS) is 11.8.